The van der Waals surface area contributed by atoms with Crippen LogP contribution in [0.1, 0.15) is 11.4 Å². The minimum Gasteiger partial charge on any atom is -0.330 e. The molecule has 5 heteroatoms. The molecule has 1 aromatic heterocycles. The van der Waals surface area contributed by atoms with Crippen LogP contribution >= 0.6 is 27.5 Å². The molecule has 0 aliphatic heterocycles. The molecule has 0 atom stereocenters. The Labute approximate surface area is 114 Å². The maximum absolute atomic E-state index is 6.19. The minimum atomic E-state index is 0.602. The molecule has 0 spiro atoms. The van der Waals surface area contributed by atoms with Gasteiger partial charge < -0.3 is 10.3 Å². The van der Waals surface area contributed by atoms with Crippen LogP contribution in [0, 0.1) is 0 Å². The van der Waals surface area contributed by atoms with E-state index in [1.807, 2.05) is 24.4 Å². The summed E-state index contributed by atoms with van der Waals surface area (Å²) in [6.07, 6.45) is 4.52. The average Bonchev–Trinajstić information content (AvgIpc) is 2.71. The molecule has 2 N–H and O–H groups in total. The number of hydrogen-bond donors (Lipinski definition) is 1. The zero-order valence-electron chi connectivity index (χ0n) is 9.24. The molecule has 0 fully saturated rings. The van der Waals surface area contributed by atoms with Gasteiger partial charge >= 0.3 is 0 Å². The number of halogens is 2. The fourth-order valence-electron chi connectivity index (χ4n) is 1.67. The number of nitrogens with zero attached hydrogens (tertiary/aromatic N) is 2. The third-order valence-electron chi connectivity index (χ3n) is 2.53. The van der Waals surface area contributed by atoms with Crippen LogP contribution in [-0.2, 0) is 13.0 Å². The maximum Gasteiger partial charge on any atom is 0.110 e. The third kappa shape index (κ3) is 3.09. The van der Waals surface area contributed by atoms with Crippen molar-refractivity contribution in [2.45, 2.75) is 13.0 Å². The number of hydrogen-bond acceptors (Lipinski definition) is 2. The summed E-state index contributed by atoms with van der Waals surface area (Å²) >= 11 is 9.58. The Morgan fingerprint density at radius 2 is 2.24 bits per heavy atom. The summed E-state index contributed by atoms with van der Waals surface area (Å²) in [6.45, 7) is 1.33. The summed E-state index contributed by atoms with van der Waals surface area (Å²) in [5, 5.41) is 0.756. The van der Waals surface area contributed by atoms with E-state index in [0.29, 0.717) is 6.54 Å². The van der Waals surface area contributed by atoms with Gasteiger partial charge in [-0.3, -0.25) is 0 Å². The molecule has 0 saturated carbocycles. The number of rotatable bonds is 4. The molecule has 0 aliphatic rings. The van der Waals surface area contributed by atoms with E-state index < -0.39 is 0 Å². The fourth-order valence-corrected chi connectivity index (χ4v) is 2.41. The third-order valence-corrected chi connectivity index (χ3v) is 3.37. The summed E-state index contributed by atoms with van der Waals surface area (Å²) in [5.41, 5.74) is 6.62. The Bertz CT molecular complexity index is 510. The van der Waals surface area contributed by atoms with E-state index in [9.17, 15) is 0 Å². The van der Waals surface area contributed by atoms with Gasteiger partial charge in [0.25, 0.3) is 0 Å². The molecule has 90 valence electrons. The lowest BCUT2D eigenvalue weighted by Crippen LogP contribution is -2.10. The monoisotopic (exact) mass is 313 g/mol. The topological polar surface area (TPSA) is 43.8 Å². The fraction of sp³-hybridized carbons (Fsp3) is 0.250. The van der Waals surface area contributed by atoms with Gasteiger partial charge in [0, 0.05) is 28.3 Å². The van der Waals surface area contributed by atoms with Crippen molar-refractivity contribution in [2.75, 3.05) is 6.54 Å². The van der Waals surface area contributed by atoms with Crippen molar-refractivity contribution in [3.8, 4) is 0 Å². The molecule has 17 heavy (non-hydrogen) atoms. The van der Waals surface area contributed by atoms with Crippen LogP contribution in [0.4, 0.5) is 0 Å². The minimum absolute atomic E-state index is 0.602. The summed E-state index contributed by atoms with van der Waals surface area (Å²) in [4.78, 5) is 4.28. The Hall–Kier alpha value is -0.840. The molecule has 0 bridgehead atoms. The van der Waals surface area contributed by atoms with Crippen molar-refractivity contribution in [3.63, 3.8) is 0 Å². The number of nitrogens with two attached hydrogens (primary N) is 1. The first-order valence-electron chi connectivity index (χ1n) is 5.34. The van der Waals surface area contributed by atoms with E-state index in [2.05, 4.69) is 25.5 Å². The van der Waals surface area contributed by atoms with E-state index in [1.54, 1.807) is 6.20 Å². The highest BCUT2D eigenvalue weighted by Gasteiger charge is 2.05. The van der Waals surface area contributed by atoms with Crippen LogP contribution in [-0.4, -0.2) is 16.1 Å². The highest BCUT2D eigenvalue weighted by atomic mass is 79.9. The molecular formula is C12H13BrClN3. The molecule has 0 radical (unpaired) electrons. The van der Waals surface area contributed by atoms with Crippen molar-refractivity contribution in [2.24, 2.45) is 5.73 Å². The normalized spacial score (nSPS) is 10.8. The lowest BCUT2D eigenvalue weighted by Gasteiger charge is -2.09. The van der Waals surface area contributed by atoms with Crippen LogP contribution in [0.3, 0.4) is 0 Å². The first-order chi connectivity index (χ1) is 8.20. The Kier molecular flexibility index (Phi) is 4.20. The molecule has 1 heterocycles. The van der Waals surface area contributed by atoms with E-state index in [4.69, 9.17) is 17.3 Å². The van der Waals surface area contributed by atoms with Crippen molar-refractivity contribution in [1.82, 2.24) is 9.55 Å². The Balaban J connectivity index is 2.22. The molecular weight excluding hydrogens is 302 g/mol. The number of aromatic nitrogens is 2. The Morgan fingerprint density at radius 3 is 2.94 bits per heavy atom. The van der Waals surface area contributed by atoms with Crippen LogP contribution in [0.5, 0.6) is 0 Å². The van der Waals surface area contributed by atoms with E-state index >= 15 is 0 Å². The quantitative estimate of drug-likeness (QED) is 0.943. The molecule has 1 aromatic carbocycles. The first kappa shape index (κ1) is 12.6. The van der Waals surface area contributed by atoms with Gasteiger partial charge in [0.1, 0.15) is 5.82 Å². The summed E-state index contributed by atoms with van der Waals surface area (Å²) in [5.74, 6) is 0.992. The SMILES string of the molecule is NCCc1nccn1Cc1ccc(Br)cc1Cl. The van der Waals surface area contributed by atoms with Gasteiger partial charge in [-0.25, -0.2) is 4.98 Å². The van der Waals surface area contributed by atoms with Crippen molar-refractivity contribution in [3.05, 3.63) is 51.5 Å². The van der Waals surface area contributed by atoms with Crippen molar-refractivity contribution >= 4 is 27.5 Å². The second-order valence-electron chi connectivity index (χ2n) is 3.75. The first-order valence-corrected chi connectivity index (χ1v) is 6.52. The number of benzene rings is 1. The smallest absolute Gasteiger partial charge is 0.110 e. The second kappa shape index (κ2) is 5.67. The van der Waals surface area contributed by atoms with Crippen molar-refractivity contribution in [1.29, 1.82) is 0 Å². The summed E-state index contributed by atoms with van der Waals surface area (Å²) in [7, 11) is 0. The predicted octanol–water partition coefficient (Wildman–Crippen LogP) is 2.85. The largest absolute Gasteiger partial charge is 0.330 e. The summed E-state index contributed by atoms with van der Waals surface area (Å²) < 4.78 is 3.06. The van der Waals surface area contributed by atoms with Gasteiger partial charge in [-0.1, -0.05) is 33.6 Å². The van der Waals surface area contributed by atoms with E-state index in [-0.39, 0.29) is 0 Å². The van der Waals surface area contributed by atoms with Gasteiger partial charge in [0.05, 0.1) is 6.54 Å². The van der Waals surface area contributed by atoms with Gasteiger partial charge in [-0.15, -0.1) is 0 Å². The molecule has 0 amide bonds. The van der Waals surface area contributed by atoms with Gasteiger partial charge in [0.2, 0.25) is 0 Å². The van der Waals surface area contributed by atoms with Crippen LogP contribution in [0.25, 0.3) is 0 Å². The van der Waals surface area contributed by atoms with Crippen molar-refractivity contribution < 1.29 is 0 Å². The van der Waals surface area contributed by atoms with Gasteiger partial charge in [-0.2, -0.15) is 0 Å². The van der Waals surface area contributed by atoms with Gasteiger partial charge in [0.15, 0.2) is 0 Å². The lowest BCUT2D eigenvalue weighted by molar-refractivity contribution is 0.716. The maximum atomic E-state index is 6.19. The average molecular weight is 315 g/mol. The molecule has 0 unspecified atom stereocenters. The number of imidazole rings is 1. The van der Waals surface area contributed by atoms with E-state index in [0.717, 1.165) is 33.8 Å². The molecule has 0 aliphatic carbocycles. The molecule has 2 rings (SSSR count). The van der Waals surface area contributed by atoms with E-state index in [1.165, 1.54) is 0 Å². The standard InChI is InChI=1S/C12H13BrClN3/c13-10-2-1-9(11(14)7-10)8-17-6-5-16-12(17)3-4-15/h1-2,5-7H,3-4,8,15H2. The van der Waals surface area contributed by atoms with Crippen LogP contribution in [0.2, 0.25) is 5.02 Å². The molecule has 2 aromatic rings. The van der Waals surface area contributed by atoms with Gasteiger partial charge in [-0.05, 0) is 24.2 Å². The second-order valence-corrected chi connectivity index (χ2v) is 5.07. The Morgan fingerprint density at radius 1 is 1.41 bits per heavy atom. The summed E-state index contributed by atoms with van der Waals surface area (Å²) in [6, 6.07) is 5.90. The van der Waals surface area contributed by atoms with Crippen LogP contribution in [0.15, 0.2) is 35.1 Å². The molecule has 0 saturated heterocycles. The predicted molar refractivity (Wildman–Crippen MR) is 73.2 cm³/mol. The highest BCUT2D eigenvalue weighted by Crippen LogP contribution is 2.22. The van der Waals surface area contributed by atoms with Crippen LogP contribution < -0.4 is 5.73 Å². The lowest BCUT2D eigenvalue weighted by atomic mass is 10.2. The molecule has 3 nitrogen and oxygen atoms in total. The zero-order chi connectivity index (χ0) is 12.3. The zero-order valence-corrected chi connectivity index (χ0v) is 11.6. The highest BCUT2D eigenvalue weighted by molar-refractivity contribution is 9.10.